The van der Waals surface area contributed by atoms with E-state index in [1.165, 1.54) is 6.33 Å². The van der Waals surface area contributed by atoms with Crippen molar-refractivity contribution in [3.05, 3.63) is 46.2 Å². The maximum absolute atomic E-state index is 13.4. The minimum atomic E-state index is -0.0934. The Hall–Kier alpha value is -2.32. The van der Waals surface area contributed by atoms with Gasteiger partial charge in [0.2, 0.25) is 0 Å². The lowest BCUT2D eigenvalue weighted by Crippen LogP contribution is -2.37. The fourth-order valence-corrected chi connectivity index (χ4v) is 4.03. The standard InChI is InChI=1S/C19H23N5O2S/c1-13(2)17-8-16(22-19-20-12-21-24(17)19)18(25)23(9-14-5-7-27-11-14)10-15-4-3-6-26-15/h5,7-8,11-13,15H,3-4,6,9-10H2,1-2H3. The van der Waals surface area contributed by atoms with Crippen LogP contribution in [0.4, 0.5) is 0 Å². The van der Waals surface area contributed by atoms with Gasteiger partial charge in [-0.15, -0.1) is 0 Å². The molecule has 0 saturated carbocycles. The lowest BCUT2D eigenvalue weighted by Gasteiger charge is -2.25. The third-order valence-corrected chi connectivity index (χ3v) is 5.51. The molecule has 1 aliphatic rings. The number of carbonyl (C=O) groups is 1. The predicted octanol–water partition coefficient (Wildman–Crippen LogP) is 3.13. The van der Waals surface area contributed by atoms with Gasteiger partial charge in [-0.2, -0.15) is 21.4 Å². The van der Waals surface area contributed by atoms with Crippen LogP contribution in [-0.2, 0) is 11.3 Å². The molecule has 1 aliphatic heterocycles. The van der Waals surface area contributed by atoms with E-state index in [-0.39, 0.29) is 17.9 Å². The second-order valence-electron chi connectivity index (χ2n) is 7.15. The third kappa shape index (κ3) is 3.86. The summed E-state index contributed by atoms with van der Waals surface area (Å²) in [6.45, 7) is 6.04. The number of aromatic nitrogens is 4. The summed E-state index contributed by atoms with van der Waals surface area (Å²) in [6, 6.07) is 3.89. The quantitative estimate of drug-likeness (QED) is 0.652. The molecule has 4 rings (SSSR count). The Bertz CT molecular complexity index is 915. The highest BCUT2D eigenvalue weighted by Gasteiger charge is 2.26. The van der Waals surface area contributed by atoms with Crippen LogP contribution in [0.5, 0.6) is 0 Å². The summed E-state index contributed by atoms with van der Waals surface area (Å²) < 4.78 is 7.47. The molecule has 1 amide bonds. The molecule has 0 aliphatic carbocycles. The first-order chi connectivity index (χ1) is 13.1. The predicted molar refractivity (Wildman–Crippen MR) is 103 cm³/mol. The number of carbonyl (C=O) groups excluding carboxylic acids is 1. The molecule has 0 radical (unpaired) electrons. The Morgan fingerprint density at radius 2 is 2.37 bits per heavy atom. The zero-order valence-electron chi connectivity index (χ0n) is 15.5. The molecule has 7 nitrogen and oxygen atoms in total. The molecule has 4 heterocycles. The van der Waals surface area contributed by atoms with E-state index >= 15 is 0 Å². The van der Waals surface area contributed by atoms with Crippen LogP contribution in [0.3, 0.4) is 0 Å². The van der Waals surface area contributed by atoms with Gasteiger partial charge in [0.15, 0.2) is 0 Å². The van der Waals surface area contributed by atoms with Crippen molar-refractivity contribution >= 4 is 23.0 Å². The second-order valence-corrected chi connectivity index (χ2v) is 7.93. The first kappa shape index (κ1) is 18.1. The molecule has 3 aromatic rings. The van der Waals surface area contributed by atoms with Crippen molar-refractivity contribution < 1.29 is 9.53 Å². The van der Waals surface area contributed by atoms with Gasteiger partial charge in [0, 0.05) is 19.7 Å². The van der Waals surface area contributed by atoms with Gasteiger partial charge in [-0.3, -0.25) is 4.79 Å². The molecule has 1 unspecified atom stereocenters. The Kier molecular flexibility index (Phi) is 5.18. The molecule has 1 fully saturated rings. The lowest BCUT2D eigenvalue weighted by atomic mass is 10.1. The summed E-state index contributed by atoms with van der Waals surface area (Å²) in [5.41, 5.74) is 2.46. The summed E-state index contributed by atoms with van der Waals surface area (Å²) >= 11 is 1.63. The summed E-state index contributed by atoms with van der Waals surface area (Å²) in [4.78, 5) is 23.9. The highest BCUT2D eigenvalue weighted by molar-refractivity contribution is 7.07. The molecule has 0 spiro atoms. The maximum Gasteiger partial charge on any atom is 0.273 e. The maximum atomic E-state index is 13.4. The van der Waals surface area contributed by atoms with Gasteiger partial charge in [-0.25, -0.2) is 9.50 Å². The number of fused-ring (bicyclic) bond motifs is 1. The first-order valence-electron chi connectivity index (χ1n) is 9.24. The van der Waals surface area contributed by atoms with Crippen molar-refractivity contribution in [2.45, 2.75) is 45.3 Å². The zero-order chi connectivity index (χ0) is 18.8. The van der Waals surface area contributed by atoms with Gasteiger partial charge in [-0.1, -0.05) is 13.8 Å². The van der Waals surface area contributed by atoms with Crippen LogP contribution in [-0.4, -0.2) is 49.6 Å². The van der Waals surface area contributed by atoms with E-state index in [4.69, 9.17) is 4.74 Å². The van der Waals surface area contributed by atoms with Crippen LogP contribution in [0.15, 0.2) is 29.2 Å². The van der Waals surface area contributed by atoms with E-state index in [0.29, 0.717) is 24.6 Å². The highest BCUT2D eigenvalue weighted by Crippen LogP contribution is 2.20. The summed E-state index contributed by atoms with van der Waals surface area (Å²) in [7, 11) is 0. The fourth-order valence-electron chi connectivity index (χ4n) is 3.37. The van der Waals surface area contributed by atoms with Gasteiger partial charge >= 0.3 is 0 Å². The smallest absolute Gasteiger partial charge is 0.273 e. The van der Waals surface area contributed by atoms with Crippen molar-refractivity contribution in [2.24, 2.45) is 0 Å². The van der Waals surface area contributed by atoms with Crippen molar-refractivity contribution in [1.82, 2.24) is 24.5 Å². The minimum absolute atomic E-state index is 0.0916. The monoisotopic (exact) mass is 385 g/mol. The highest BCUT2D eigenvalue weighted by atomic mass is 32.1. The first-order valence-corrected chi connectivity index (χ1v) is 10.2. The Morgan fingerprint density at radius 1 is 1.48 bits per heavy atom. The van der Waals surface area contributed by atoms with Gasteiger partial charge in [0.05, 0.1) is 11.8 Å². The molecule has 3 aromatic heterocycles. The van der Waals surface area contributed by atoms with Gasteiger partial charge in [0.25, 0.3) is 11.7 Å². The Balaban J connectivity index is 1.66. The van der Waals surface area contributed by atoms with E-state index in [2.05, 4.69) is 40.4 Å². The van der Waals surface area contributed by atoms with Crippen LogP contribution in [0.25, 0.3) is 5.78 Å². The second kappa shape index (κ2) is 7.74. The molecule has 142 valence electrons. The van der Waals surface area contributed by atoms with Crippen molar-refractivity contribution in [3.8, 4) is 0 Å². The average Bonchev–Trinajstić information content (AvgIpc) is 3.41. The van der Waals surface area contributed by atoms with E-state index < -0.39 is 0 Å². The molecule has 0 aromatic carbocycles. The van der Waals surface area contributed by atoms with E-state index in [0.717, 1.165) is 30.7 Å². The van der Waals surface area contributed by atoms with Gasteiger partial charge < -0.3 is 9.64 Å². The molecule has 27 heavy (non-hydrogen) atoms. The average molecular weight is 385 g/mol. The number of ether oxygens (including phenoxy) is 1. The number of hydrogen-bond donors (Lipinski definition) is 0. The number of rotatable bonds is 6. The number of thiophene rings is 1. The number of amides is 1. The van der Waals surface area contributed by atoms with Crippen molar-refractivity contribution in [2.75, 3.05) is 13.2 Å². The normalized spacial score (nSPS) is 17.1. The number of hydrogen-bond acceptors (Lipinski definition) is 6. The zero-order valence-corrected chi connectivity index (χ0v) is 16.4. The molecular weight excluding hydrogens is 362 g/mol. The van der Waals surface area contributed by atoms with Gasteiger partial charge in [0.1, 0.15) is 12.0 Å². The Labute approximate surface area is 162 Å². The van der Waals surface area contributed by atoms with Crippen LogP contribution < -0.4 is 0 Å². The van der Waals surface area contributed by atoms with E-state index in [1.807, 2.05) is 16.3 Å². The van der Waals surface area contributed by atoms with Gasteiger partial charge in [-0.05, 0) is 47.2 Å². The van der Waals surface area contributed by atoms with E-state index in [1.54, 1.807) is 15.9 Å². The molecule has 0 N–H and O–H groups in total. The van der Waals surface area contributed by atoms with E-state index in [9.17, 15) is 4.79 Å². The third-order valence-electron chi connectivity index (χ3n) is 4.78. The van der Waals surface area contributed by atoms with Crippen LogP contribution in [0.1, 0.15) is 54.4 Å². The minimum Gasteiger partial charge on any atom is -0.376 e. The summed E-state index contributed by atoms with van der Waals surface area (Å²) in [6.07, 6.45) is 3.60. The summed E-state index contributed by atoms with van der Waals surface area (Å²) in [5.74, 6) is 0.563. The van der Waals surface area contributed by atoms with Crippen molar-refractivity contribution in [1.29, 1.82) is 0 Å². The Morgan fingerprint density at radius 3 is 3.07 bits per heavy atom. The largest absolute Gasteiger partial charge is 0.376 e. The molecule has 1 saturated heterocycles. The summed E-state index contributed by atoms with van der Waals surface area (Å²) in [5, 5.41) is 8.33. The van der Waals surface area contributed by atoms with Crippen LogP contribution >= 0.6 is 11.3 Å². The number of nitrogens with zero attached hydrogens (tertiary/aromatic N) is 5. The van der Waals surface area contributed by atoms with Crippen LogP contribution in [0, 0.1) is 0 Å². The van der Waals surface area contributed by atoms with Crippen molar-refractivity contribution in [3.63, 3.8) is 0 Å². The molecule has 8 heteroatoms. The molecular formula is C19H23N5O2S. The SMILES string of the molecule is CC(C)c1cc(C(=O)N(Cc2ccsc2)CC2CCCO2)nc2ncnn12. The molecule has 0 bridgehead atoms. The molecule has 1 atom stereocenters. The van der Waals surface area contributed by atoms with Crippen LogP contribution in [0.2, 0.25) is 0 Å². The topological polar surface area (TPSA) is 72.6 Å². The lowest BCUT2D eigenvalue weighted by molar-refractivity contribution is 0.0503. The fraction of sp³-hybridized carbons (Fsp3) is 0.474.